The topological polar surface area (TPSA) is 12.0 Å². The van der Waals surface area contributed by atoms with Gasteiger partial charge in [0.2, 0.25) is 0 Å². The van der Waals surface area contributed by atoms with Gasteiger partial charge in [0, 0.05) is 16.6 Å². The molecule has 0 aliphatic heterocycles. The minimum Gasteiger partial charge on any atom is -0.310 e. The summed E-state index contributed by atoms with van der Waals surface area (Å²) in [5.41, 5.74) is 0.629. The molecule has 0 amide bonds. The van der Waals surface area contributed by atoms with Gasteiger partial charge in [-0.3, -0.25) is 0 Å². The molecule has 0 aromatic heterocycles. The van der Waals surface area contributed by atoms with Crippen molar-refractivity contribution in [3.63, 3.8) is 0 Å². The van der Waals surface area contributed by atoms with E-state index in [0.29, 0.717) is 16.5 Å². The zero-order chi connectivity index (χ0) is 14.3. The van der Waals surface area contributed by atoms with Crippen LogP contribution in [0.15, 0.2) is 18.2 Å². The molecule has 0 saturated heterocycles. The van der Waals surface area contributed by atoms with Crippen LogP contribution in [0.3, 0.4) is 0 Å². The molecule has 0 saturated carbocycles. The Morgan fingerprint density at radius 3 is 2.42 bits per heavy atom. The van der Waals surface area contributed by atoms with Gasteiger partial charge >= 0.3 is 0 Å². The average Bonchev–Trinajstić information content (AvgIpc) is 2.40. The fourth-order valence-electron chi connectivity index (χ4n) is 2.42. The van der Waals surface area contributed by atoms with E-state index >= 15 is 0 Å². The molecule has 0 spiro atoms. The third kappa shape index (κ3) is 4.77. The Balaban J connectivity index is 2.95. The van der Waals surface area contributed by atoms with Crippen LogP contribution in [0.1, 0.15) is 58.1 Å². The predicted octanol–water partition coefficient (Wildman–Crippen LogP) is 5.35. The summed E-state index contributed by atoms with van der Waals surface area (Å²) in [7, 11) is 0. The van der Waals surface area contributed by atoms with E-state index < -0.39 is 0 Å². The van der Waals surface area contributed by atoms with Crippen molar-refractivity contribution in [2.45, 2.75) is 52.5 Å². The lowest BCUT2D eigenvalue weighted by atomic mass is 9.90. The molecule has 0 aliphatic rings. The molecule has 3 heteroatoms. The molecule has 1 rings (SSSR count). The highest BCUT2D eigenvalue weighted by Crippen LogP contribution is 2.31. The molecule has 1 unspecified atom stereocenters. The molecular formula is C16H25ClFN. The van der Waals surface area contributed by atoms with Gasteiger partial charge in [0.05, 0.1) is 0 Å². The van der Waals surface area contributed by atoms with Crippen molar-refractivity contribution < 1.29 is 4.39 Å². The normalized spacial score (nSPS) is 12.9. The molecule has 1 aromatic carbocycles. The van der Waals surface area contributed by atoms with Crippen molar-refractivity contribution in [3.05, 3.63) is 34.6 Å². The summed E-state index contributed by atoms with van der Waals surface area (Å²) in [5.74, 6) is 0.400. The van der Waals surface area contributed by atoms with Gasteiger partial charge in [-0.25, -0.2) is 4.39 Å². The molecule has 0 bridgehead atoms. The lowest BCUT2D eigenvalue weighted by Crippen LogP contribution is -2.25. The van der Waals surface area contributed by atoms with E-state index in [9.17, 15) is 4.39 Å². The Bertz CT molecular complexity index is 357. The molecule has 1 aromatic rings. The quantitative estimate of drug-likeness (QED) is 0.679. The van der Waals surface area contributed by atoms with Gasteiger partial charge in [0.25, 0.3) is 0 Å². The first kappa shape index (κ1) is 16.5. The van der Waals surface area contributed by atoms with Crippen molar-refractivity contribution in [2.24, 2.45) is 5.92 Å². The Hall–Kier alpha value is -0.600. The van der Waals surface area contributed by atoms with Crippen LogP contribution >= 0.6 is 11.6 Å². The van der Waals surface area contributed by atoms with E-state index in [0.717, 1.165) is 32.2 Å². The summed E-state index contributed by atoms with van der Waals surface area (Å²) in [4.78, 5) is 0. The molecule has 0 aliphatic carbocycles. The molecule has 19 heavy (non-hydrogen) atoms. The van der Waals surface area contributed by atoms with E-state index in [1.54, 1.807) is 12.1 Å². The highest BCUT2D eigenvalue weighted by Gasteiger charge is 2.21. The predicted molar refractivity (Wildman–Crippen MR) is 81.1 cm³/mol. The van der Waals surface area contributed by atoms with Crippen molar-refractivity contribution in [1.29, 1.82) is 0 Å². The fourth-order valence-corrected chi connectivity index (χ4v) is 2.72. The van der Waals surface area contributed by atoms with E-state index in [-0.39, 0.29) is 11.9 Å². The Labute approximate surface area is 121 Å². The highest BCUT2D eigenvalue weighted by molar-refractivity contribution is 6.31. The van der Waals surface area contributed by atoms with Crippen LogP contribution in [0.5, 0.6) is 0 Å². The maximum atomic E-state index is 14.1. The van der Waals surface area contributed by atoms with Gasteiger partial charge in [-0.05, 0) is 37.4 Å². The number of hydrogen-bond donors (Lipinski definition) is 1. The third-order valence-corrected chi connectivity index (χ3v) is 4.04. The zero-order valence-corrected chi connectivity index (χ0v) is 12.9. The maximum Gasteiger partial charge on any atom is 0.129 e. The molecule has 1 nitrogen and oxygen atoms in total. The second-order valence-electron chi connectivity index (χ2n) is 5.06. The Morgan fingerprint density at radius 1 is 1.21 bits per heavy atom. The van der Waals surface area contributed by atoms with E-state index in [1.165, 1.54) is 6.07 Å². The van der Waals surface area contributed by atoms with Gasteiger partial charge in [-0.15, -0.1) is 0 Å². The number of nitrogens with one attached hydrogen (secondary N) is 1. The van der Waals surface area contributed by atoms with Crippen LogP contribution < -0.4 is 5.32 Å². The maximum absolute atomic E-state index is 14.1. The molecule has 108 valence electrons. The van der Waals surface area contributed by atoms with Crippen molar-refractivity contribution in [3.8, 4) is 0 Å². The lowest BCUT2D eigenvalue weighted by Gasteiger charge is -2.24. The van der Waals surface area contributed by atoms with E-state index in [1.807, 2.05) is 0 Å². The fraction of sp³-hybridized carbons (Fsp3) is 0.625. The summed E-state index contributed by atoms with van der Waals surface area (Å²) in [6.07, 6.45) is 4.21. The first-order valence-electron chi connectivity index (χ1n) is 7.31. The van der Waals surface area contributed by atoms with Gasteiger partial charge in [0.15, 0.2) is 0 Å². The SMILES string of the molecule is CCCNC(CC(CC)CC)c1c(F)cccc1Cl. The molecule has 0 radical (unpaired) electrons. The van der Waals surface area contributed by atoms with Crippen LogP contribution in [0.25, 0.3) is 0 Å². The summed E-state index contributed by atoms with van der Waals surface area (Å²) >= 11 is 6.19. The average molecular weight is 286 g/mol. The van der Waals surface area contributed by atoms with Gasteiger partial charge in [-0.2, -0.15) is 0 Å². The van der Waals surface area contributed by atoms with Crippen LogP contribution in [0.2, 0.25) is 5.02 Å². The standard InChI is InChI=1S/C16H25ClFN/c1-4-10-19-15(11-12(5-2)6-3)16-13(17)8-7-9-14(16)18/h7-9,12,15,19H,4-6,10-11H2,1-3H3. The second-order valence-corrected chi connectivity index (χ2v) is 5.47. The first-order chi connectivity index (χ1) is 9.13. The van der Waals surface area contributed by atoms with Crippen LogP contribution in [0.4, 0.5) is 4.39 Å². The molecule has 1 N–H and O–H groups in total. The Kier molecular flexibility index (Phi) is 7.40. The number of rotatable bonds is 8. The molecule has 0 fully saturated rings. The zero-order valence-electron chi connectivity index (χ0n) is 12.2. The minimum atomic E-state index is -0.202. The second kappa shape index (κ2) is 8.55. The summed E-state index contributed by atoms with van der Waals surface area (Å²) in [5, 5.41) is 3.97. The number of benzene rings is 1. The van der Waals surface area contributed by atoms with E-state index in [4.69, 9.17) is 11.6 Å². The number of hydrogen-bond acceptors (Lipinski definition) is 1. The monoisotopic (exact) mass is 285 g/mol. The lowest BCUT2D eigenvalue weighted by molar-refractivity contribution is 0.364. The third-order valence-electron chi connectivity index (χ3n) is 3.71. The number of halogens is 2. The molecule has 0 heterocycles. The summed E-state index contributed by atoms with van der Waals surface area (Å²) in [6.45, 7) is 7.38. The van der Waals surface area contributed by atoms with Gasteiger partial charge in [0.1, 0.15) is 5.82 Å². The largest absolute Gasteiger partial charge is 0.310 e. The van der Waals surface area contributed by atoms with Crippen LogP contribution in [-0.4, -0.2) is 6.54 Å². The van der Waals surface area contributed by atoms with Crippen molar-refractivity contribution in [1.82, 2.24) is 5.32 Å². The van der Waals surface area contributed by atoms with Crippen LogP contribution in [-0.2, 0) is 0 Å². The van der Waals surface area contributed by atoms with Crippen molar-refractivity contribution in [2.75, 3.05) is 6.54 Å². The minimum absolute atomic E-state index is 0.0125. The smallest absolute Gasteiger partial charge is 0.129 e. The van der Waals surface area contributed by atoms with Gasteiger partial charge < -0.3 is 5.32 Å². The highest BCUT2D eigenvalue weighted by atomic mass is 35.5. The van der Waals surface area contributed by atoms with Gasteiger partial charge in [-0.1, -0.05) is 51.3 Å². The first-order valence-corrected chi connectivity index (χ1v) is 7.69. The Morgan fingerprint density at radius 2 is 1.89 bits per heavy atom. The summed E-state index contributed by atoms with van der Waals surface area (Å²) in [6, 6.07) is 4.94. The van der Waals surface area contributed by atoms with Crippen LogP contribution in [0, 0.1) is 11.7 Å². The molecular weight excluding hydrogens is 261 g/mol. The van der Waals surface area contributed by atoms with E-state index in [2.05, 4.69) is 26.1 Å². The summed E-state index contributed by atoms with van der Waals surface area (Å²) < 4.78 is 14.1. The molecule has 1 atom stereocenters. The van der Waals surface area contributed by atoms with Crippen molar-refractivity contribution >= 4 is 11.6 Å².